The van der Waals surface area contributed by atoms with Crippen molar-refractivity contribution in [3.05, 3.63) is 69.8 Å². The third kappa shape index (κ3) is 5.18. The molecule has 2 N–H and O–H groups in total. The van der Waals surface area contributed by atoms with Crippen LogP contribution in [-0.2, 0) is 18.4 Å². The lowest BCUT2D eigenvalue weighted by atomic mass is 9.91. The molecular weight excluding hydrogens is 511 g/mol. The van der Waals surface area contributed by atoms with Crippen molar-refractivity contribution in [2.45, 2.75) is 52.1 Å². The van der Waals surface area contributed by atoms with Gasteiger partial charge in [-0.05, 0) is 76.1 Å². The van der Waals surface area contributed by atoms with Gasteiger partial charge in [-0.2, -0.15) is 10.2 Å². The molecule has 4 aromatic rings. The summed E-state index contributed by atoms with van der Waals surface area (Å²) in [4.78, 5) is 27.2. The summed E-state index contributed by atoms with van der Waals surface area (Å²) in [5.41, 5.74) is 3.63. The molecule has 0 spiro atoms. The van der Waals surface area contributed by atoms with Gasteiger partial charge in [0.1, 0.15) is 5.39 Å². The number of nitrogens with zero attached hydrogens (tertiary/aromatic N) is 6. The molecule has 5 rings (SSSR count). The summed E-state index contributed by atoms with van der Waals surface area (Å²) in [7, 11) is 0. The van der Waals surface area contributed by atoms with Crippen molar-refractivity contribution in [3.8, 4) is 11.9 Å². The molecule has 0 saturated heterocycles. The predicted octanol–water partition coefficient (Wildman–Crippen LogP) is 4.59. The van der Waals surface area contributed by atoms with Gasteiger partial charge in [-0.1, -0.05) is 12.1 Å². The Balaban J connectivity index is 0.00000190. The van der Waals surface area contributed by atoms with Crippen molar-refractivity contribution in [3.63, 3.8) is 0 Å². The number of aromatic nitrogens is 5. The molecule has 0 fully saturated rings. The quantitative estimate of drug-likeness (QED) is 0.380. The van der Waals surface area contributed by atoms with E-state index in [-0.39, 0.29) is 36.4 Å². The molecule has 1 aromatic carbocycles. The fraction of sp³-hybridized carbons (Fsp3) is 0.346. The number of hydrogen-bond acceptors (Lipinski definition) is 7. The lowest BCUT2D eigenvalue weighted by Gasteiger charge is -2.19. The number of fused-ring (bicyclic) bond motifs is 2. The Morgan fingerprint density at radius 2 is 1.92 bits per heavy atom. The molecule has 194 valence electrons. The van der Waals surface area contributed by atoms with Gasteiger partial charge in [-0.3, -0.25) is 4.79 Å². The summed E-state index contributed by atoms with van der Waals surface area (Å²) < 4.78 is 3.35. The summed E-state index contributed by atoms with van der Waals surface area (Å²) in [6, 6.07) is 13.9. The number of halogens is 2. The Kier molecular flexibility index (Phi) is 8.28. The summed E-state index contributed by atoms with van der Waals surface area (Å²) in [5, 5.41) is 16.7. The zero-order valence-electron chi connectivity index (χ0n) is 21.1. The largest absolute Gasteiger partial charge is 0.324 e. The van der Waals surface area contributed by atoms with Crippen molar-refractivity contribution in [2.75, 3.05) is 11.9 Å². The normalized spacial score (nSPS) is 12.9. The lowest BCUT2D eigenvalue weighted by Crippen LogP contribution is -2.25. The average molecular weight is 541 g/mol. The van der Waals surface area contributed by atoms with Gasteiger partial charge in [0.2, 0.25) is 5.95 Å². The Hall–Kier alpha value is -3.45. The summed E-state index contributed by atoms with van der Waals surface area (Å²) in [6.07, 6.45) is 2.54. The van der Waals surface area contributed by atoms with Crippen molar-refractivity contribution in [1.82, 2.24) is 29.6 Å². The van der Waals surface area contributed by atoms with Crippen LogP contribution in [0.3, 0.4) is 0 Å². The zero-order chi connectivity index (χ0) is 24.7. The molecule has 0 radical (unpaired) electrons. The summed E-state index contributed by atoms with van der Waals surface area (Å²) >= 11 is 0. The molecule has 0 unspecified atom stereocenters. The van der Waals surface area contributed by atoms with Crippen molar-refractivity contribution in [1.29, 1.82) is 5.26 Å². The van der Waals surface area contributed by atoms with E-state index in [0.717, 1.165) is 25.2 Å². The summed E-state index contributed by atoms with van der Waals surface area (Å²) in [6.45, 7) is 9.36. The number of hydrogen-bond donors (Lipinski definition) is 2. The van der Waals surface area contributed by atoms with Crippen LogP contribution in [0.15, 0.2) is 47.4 Å². The van der Waals surface area contributed by atoms with Gasteiger partial charge in [-0.15, -0.1) is 24.8 Å². The Morgan fingerprint density at radius 1 is 1.14 bits per heavy atom. The SMILES string of the molecule is CC(C)n1c(=O)c2cnc(Nc3ccc4c(c3)CCNC4)nc2n1-c1cccc(C(C)(C)C#N)n1.Cl.Cl. The number of rotatable bonds is 5. The Morgan fingerprint density at radius 3 is 2.65 bits per heavy atom. The van der Waals surface area contributed by atoms with E-state index in [4.69, 9.17) is 9.97 Å². The Bertz CT molecular complexity index is 1530. The van der Waals surface area contributed by atoms with E-state index in [1.54, 1.807) is 15.6 Å². The molecule has 0 atom stereocenters. The fourth-order valence-electron chi connectivity index (χ4n) is 4.38. The number of pyridine rings is 1. The predicted molar refractivity (Wildman–Crippen MR) is 150 cm³/mol. The highest BCUT2D eigenvalue weighted by Gasteiger charge is 2.24. The van der Waals surface area contributed by atoms with Crippen LogP contribution in [0, 0.1) is 11.3 Å². The molecule has 3 aromatic heterocycles. The van der Waals surface area contributed by atoms with Gasteiger partial charge in [0.25, 0.3) is 5.56 Å². The van der Waals surface area contributed by atoms with Gasteiger partial charge in [-0.25, -0.2) is 19.3 Å². The first kappa shape index (κ1) is 28.1. The van der Waals surface area contributed by atoms with Crippen molar-refractivity contribution < 1.29 is 0 Å². The zero-order valence-corrected chi connectivity index (χ0v) is 22.8. The minimum absolute atomic E-state index is 0. The monoisotopic (exact) mass is 540 g/mol. The van der Waals surface area contributed by atoms with Crippen LogP contribution in [0.1, 0.15) is 50.6 Å². The minimum Gasteiger partial charge on any atom is -0.324 e. The third-order valence-electron chi connectivity index (χ3n) is 6.33. The fourth-order valence-corrected chi connectivity index (χ4v) is 4.38. The van der Waals surface area contributed by atoms with Crippen LogP contribution in [-0.4, -0.2) is 30.9 Å². The first-order valence-corrected chi connectivity index (χ1v) is 11.8. The maximum absolute atomic E-state index is 13.3. The first-order valence-electron chi connectivity index (χ1n) is 11.8. The van der Waals surface area contributed by atoms with Crippen LogP contribution in [0.4, 0.5) is 11.6 Å². The van der Waals surface area contributed by atoms with Crippen LogP contribution >= 0.6 is 24.8 Å². The molecule has 37 heavy (non-hydrogen) atoms. The van der Waals surface area contributed by atoms with Crippen molar-refractivity contribution >= 4 is 47.5 Å². The van der Waals surface area contributed by atoms with Gasteiger partial charge < -0.3 is 10.6 Å². The molecule has 4 heterocycles. The lowest BCUT2D eigenvalue weighted by molar-refractivity contribution is 0.470. The van der Waals surface area contributed by atoms with Crippen LogP contribution in [0.2, 0.25) is 0 Å². The number of benzene rings is 1. The Labute approximate surface area is 227 Å². The van der Waals surface area contributed by atoms with Gasteiger partial charge in [0.15, 0.2) is 11.5 Å². The highest BCUT2D eigenvalue weighted by molar-refractivity contribution is 5.85. The van der Waals surface area contributed by atoms with E-state index < -0.39 is 5.41 Å². The molecule has 0 saturated carbocycles. The van der Waals surface area contributed by atoms with E-state index in [1.807, 2.05) is 52.0 Å². The molecule has 0 amide bonds. The van der Waals surface area contributed by atoms with Gasteiger partial charge in [0.05, 0.1) is 17.2 Å². The molecular formula is C26H30Cl2N8O. The van der Waals surface area contributed by atoms with E-state index in [2.05, 4.69) is 33.8 Å². The smallest absolute Gasteiger partial charge is 0.278 e. The van der Waals surface area contributed by atoms with E-state index >= 15 is 0 Å². The van der Waals surface area contributed by atoms with Crippen molar-refractivity contribution in [2.24, 2.45) is 0 Å². The molecule has 1 aliphatic heterocycles. The van der Waals surface area contributed by atoms with Crippen LogP contribution in [0.25, 0.3) is 16.9 Å². The van der Waals surface area contributed by atoms with Gasteiger partial charge >= 0.3 is 0 Å². The molecule has 11 heteroatoms. The molecule has 1 aliphatic rings. The van der Waals surface area contributed by atoms with E-state index in [1.165, 1.54) is 11.1 Å². The van der Waals surface area contributed by atoms with E-state index in [0.29, 0.717) is 28.5 Å². The standard InChI is InChI=1S/C26H28N8O.2ClH/c1-16(2)33-24(35)20-14-29-25(30-19-9-8-18-13-28-11-10-17(18)12-19)32-23(20)34(33)22-7-5-6-21(31-22)26(3,4)15-27;;/h5-9,12,14,16,28H,10-11,13H2,1-4H3,(H,29,30,32);2*1H. The third-order valence-corrected chi connectivity index (χ3v) is 6.33. The second-order valence-corrected chi connectivity index (χ2v) is 9.64. The first-order chi connectivity index (χ1) is 16.8. The minimum atomic E-state index is -0.772. The maximum atomic E-state index is 13.3. The maximum Gasteiger partial charge on any atom is 0.278 e. The number of anilines is 2. The van der Waals surface area contributed by atoms with Crippen LogP contribution in [0.5, 0.6) is 0 Å². The second-order valence-electron chi connectivity index (χ2n) is 9.64. The molecule has 0 bridgehead atoms. The van der Waals surface area contributed by atoms with Gasteiger partial charge in [0, 0.05) is 24.5 Å². The molecule has 0 aliphatic carbocycles. The number of nitriles is 1. The highest BCUT2D eigenvalue weighted by Crippen LogP contribution is 2.25. The average Bonchev–Trinajstić information content (AvgIpc) is 3.16. The van der Waals surface area contributed by atoms with Crippen LogP contribution < -0.4 is 16.2 Å². The second kappa shape index (κ2) is 10.9. The number of nitrogens with one attached hydrogen (secondary N) is 2. The topological polar surface area (TPSA) is 113 Å². The molecule has 9 nitrogen and oxygen atoms in total. The van der Waals surface area contributed by atoms with E-state index in [9.17, 15) is 10.1 Å². The highest BCUT2D eigenvalue weighted by atomic mass is 35.5. The summed E-state index contributed by atoms with van der Waals surface area (Å²) in [5.74, 6) is 0.923.